The molecule has 0 saturated carbocycles. The number of hydrogen-bond acceptors (Lipinski definition) is 4. The van der Waals surface area contributed by atoms with Crippen LogP contribution in [-0.2, 0) is 4.74 Å². The lowest BCUT2D eigenvalue weighted by Crippen LogP contribution is -2.07. The van der Waals surface area contributed by atoms with Gasteiger partial charge in [0.15, 0.2) is 0 Å². The van der Waals surface area contributed by atoms with E-state index in [0.717, 1.165) is 5.56 Å². The maximum atomic E-state index is 12.4. The van der Waals surface area contributed by atoms with Gasteiger partial charge in [0.05, 0.1) is 0 Å². The second-order valence-corrected chi connectivity index (χ2v) is 5.33. The maximum absolute atomic E-state index is 12.4. The first-order chi connectivity index (χ1) is 12.2. The number of esters is 1. The first-order valence-electron chi connectivity index (χ1n) is 7.76. The molecule has 0 fully saturated rings. The van der Waals surface area contributed by atoms with Crippen molar-refractivity contribution in [1.82, 2.24) is 4.57 Å². The van der Waals surface area contributed by atoms with Crippen LogP contribution in [0, 0.1) is 18.3 Å². The standard InChI is InChI=1S/C20H16N2O3/c1-15-18(17(14-21)19(25-15)22-11-5-6-12-22)20(23)24-13-7-10-16-8-3-2-4-9-16/h2-12H,13H2,1H3/b10-7+. The largest absolute Gasteiger partial charge is 0.458 e. The summed E-state index contributed by atoms with van der Waals surface area (Å²) in [7, 11) is 0. The molecule has 0 bridgehead atoms. The van der Waals surface area contributed by atoms with Crippen molar-refractivity contribution in [1.29, 1.82) is 5.26 Å². The number of furan rings is 1. The number of carbonyl (C=O) groups is 1. The summed E-state index contributed by atoms with van der Waals surface area (Å²) in [5, 5.41) is 9.44. The van der Waals surface area contributed by atoms with Gasteiger partial charge in [-0.15, -0.1) is 0 Å². The zero-order valence-electron chi connectivity index (χ0n) is 13.7. The molecule has 1 aromatic carbocycles. The monoisotopic (exact) mass is 332 g/mol. The third kappa shape index (κ3) is 3.54. The summed E-state index contributed by atoms with van der Waals surface area (Å²) in [6.45, 7) is 1.76. The zero-order chi connectivity index (χ0) is 17.6. The van der Waals surface area contributed by atoms with E-state index in [2.05, 4.69) is 0 Å². The molecular formula is C20H16N2O3. The van der Waals surface area contributed by atoms with Crippen molar-refractivity contribution in [2.24, 2.45) is 0 Å². The fourth-order valence-electron chi connectivity index (χ4n) is 2.48. The number of ether oxygens (including phenoxy) is 1. The van der Waals surface area contributed by atoms with Gasteiger partial charge >= 0.3 is 5.97 Å². The van der Waals surface area contributed by atoms with Gasteiger partial charge < -0.3 is 9.15 Å². The average Bonchev–Trinajstić information content (AvgIpc) is 3.26. The summed E-state index contributed by atoms with van der Waals surface area (Å²) < 4.78 is 12.5. The lowest BCUT2D eigenvalue weighted by molar-refractivity contribution is 0.0548. The molecular weight excluding hydrogens is 316 g/mol. The van der Waals surface area contributed by atoms with Gasteiger partial charge in [-0.05, 0) is 30.7 Å². The average molecular weight is 332 g/mol. The summed E-state index contributed by atoms with van der Waals surface area (Å²) in [4.78, 5) is 12.4. The van der Waals surface area contributed by atoms with Crippen LogP contribution < -0.4 is 0 Å². The summed E-state index contributed by atoms with van der Waals surface area (Å²) in [5.74, 6) is 0.1000. The number of benzene rings is 1. The molecule has 25 heavy (non-hydrogen) atoms. The number of aromatic nitrogens is 1. The van der Waals surface area contributed by atoms with E-state index in [-0.39, 0.29) is 17.7 Å². The minimum atomic E-state index is -0.575. The number of rotatable bonds is 5. The lowest BCUT2D eigenvalue weighted by Gasteiger charge is -2.01. The summed E-state index contributed by atoms with van der Waals surface area (Å²) in [5.41, 5.74) is 1.36. The Morgan fingerprint density at radius 1 is 1.24 bits per heavy atom. The smallest absolute Gasteiger partial charge is 0.343 e. The molecule has 5 nitrogen and oxygen atoms in total. The number of carbonyl (C=O) groups excluding carboxylic acids is 1. The van der Waals surface area contributed by atoms with Gasteiger partial charge in [-0.3, -0.25) is 4.57 Å². The van der Waals surface area contributed by atoms with E-state index in [1.807, 2.05) is 54.6 Å². The van der Waals surface area contributed by atoms with E-state index in [9.17, 15) is 10.1 Å². The highest BCUT2D eigenvalue weighted by Crippen LogP contribution is 2.26. The summed E-state index contributed by atoms with van der Waals surface area (Å²) in [6, 6.07) is 15.4. The van der Waals surface area contributed by atoms with Crippen molar-refractivity contribution >= 4 is 12.0 Å². The molecule has 0 atom stereocenters. The Bertz CT molecular complexity index is 929. The van der Waals surface area contributed by atoms with Gasteiger partial charge in [-0.2, -0.15) is 5.26 Å². The number of hydrogen-bond donors (Lipinski definition) is 0. The molecule has 0 aliphatic heterocycles. The molecule has 0 aliphatic carbocycles. The van der Waals surface area contributed by atoms with E-state index in [1.165, 1.54) is 0 Å². The molecule has 5 heteroatoms. The van der Waals surface area contributed by atoms with Gasteiger partial charge in [0.2, 0.25) is 5.88 Å². The number of aryl methyl sites for hydroxylation is 1. The predicted molar refractivity (Wildman–Crippen MR) is 93.2 cm³/mol. The third-order valence-corrected chi connectivity index (χ3v) is 3.64. The predicted octanol–water partition coefficient (Wildman–Crippen LogP) is 4.12. The molecule has 0 N–H and O–H groups in total. The molecule has 3 rings (SSSR count). The van der Waals surface area contributed by atoms with Crippen molar-refractivity contribution in [2.45, 2.75) is 6.92 Å². The Balaban J connectivity index is 1.74. The maximum Gasteiger partial charge on any atom is 0.343 e. The Kier molecular flexibility index (Phi) is 4.82. The van der Waals surface area contributed by atoms with E-state index in [4.69, 9.17) is 9.15 Å². The number of nitrogens with zero attached hydrogens (tertiary/aromatic N) is 2. The van der Waals surface area contributed by atoms with Gasteiger partial charge in [-0.25, -0.2) is 4.79 Å². The Morgan fingerprint density at radius 3 is 2.64 bits per heavy atom. The first-order valence-corrected chi connectivity index (χ1v) is 7.76. The van der Waals surface area contributed by atoms with Gasteiger partial charge in [0.25, 0.3) is 0 Å². The second kappa shape index (κ2) is 7.37. The van der Waals surface area contributed by atoms with Crippen LogP contribution in [0.4, 0.5) is 0 Å². The molecule has 0 radical (unpaired) electrons. The third-order valence-electron chi connectivity index (χ3n) is 3.64. The van der Waals surface area contributed by atoms with Gasteiger partial charge in [-0.1, -0.05) is 36.4 Å². The van der Waals surface area contributed by atoms with Crippen LogP contribution in [-0.4, -0.2) is 17.1 Å². The molecule has 0 amide bonds. The second-order valence-electron chi connectivity index (χ2n) is 5.33. The zero-order valence-corrected chi connectivity index (χ0v) is 13.7. The van der Waals surface area contributed by atoms with Crippen LogP contribution in [0.1, 0.15) is 27.2 Å². The van der Waals surface area contributed by atoms with Crippen LogP contribution in [0.5, 0.6) is 0 Å². The van der Waals surface area contributed by atoms with Crippen molar-refractivity contribution in [3.05, 3.63) is 83.4 Å². The highest BCUT2D eigenvalue weighted by atomic mass is 16.5. The van der Waals surface area contributed by atoms with Gasteiger partial charge in [0, 0.05) is 12.4 Å². The van der Waals surface area contributed by atoms with Crippen molar-refractivity contribution in [3.63, 3.8) is 0 Å². The molecule has 0 spiro atoms. The minimum absolute atomic E-state index is 0.113. The van der Waals surface area contributed by atoms with Crippen molar-refractivity contribution in [2.75, 3.05) is 6.61 Å². The molecule has 0 aliphatic rings. The van der Waals surface area contributed by atoms with Gasteiger partial charge in [0.1, 0.15) is 29.6 Å². The minimum Gasteiger partial charge on any atom is -0.458 e. The highest BCUT2D eigenvalue weighted by Gasteiger charge is 2.25. The van der Waals surface area contributed by atoms with E-state index < -0.39 is 5.97 Å². The lowest BCUT2D eigenvalue weighted by atomic mass is 10.1. The highest BCUT2D eigenvalue weighted by molar-refractivity contribution is 5.94. The molecule has 2 heterocycles. The van der Waals surface area contributed by atoms with Crippen LogP contribution in [0.2, 0.25) is 0 Å². The van der Waals surface area contributed by atoms with Crippen molar-refractivity contribution < 1.29 is 13.9 Å². The summed E-state index contributed by atoms with van der Waals surface area (Å²) in [6.07, 6.45) is 7.11. The summed E-state index contributed by atoms with van der Waals surface area (Å²) >= 11 is 0. The van der Waals surface area contributed by atoms with E-state index >= 15 is 0 Å². The topological polar surface area (TPSA) is 68.2 Å². The van der Waals surface area contributed by atoms with E-state index in [0.29, 0.717) is 11.6 Å². The van der Waals surface area contributed by atoms with Crippen LogP contribution in [0.3, 0.4) is 0 Å². The quantitative estimate of drug-likeness (QED) is 0.659. The molecule has 3 aromatic rings. The van der Waals surface area contributed by atoms with Crippen molar-refractivity contribution in [3.8, 4) is 12.0 Å². The molecule has 0 saturated heterocycles. The van der Waals surface area contributed by atoms with E-state index in [1.54, 1.807) is 30.0 Å². The fourth-order valence-corrected chi connectivity index (χ4v) is 2.48. The van der Waals surface area contributed by atoms with Crippen LogP contribution in [0.15, 0.2) is 65.4 Å². The molecule has 2 aromatic heterocycles. The Labute approximate surface area is 145 Å². The molecule has 0 unspecified atom stereocenters. The number of nitriles is 1. The Hall–Kier alpha value is -3.52. The van der Waals surface area contributed by atoms with Crippen LogP contribution in [0.25, 0.3) is 12.0 Å². The Morgan fingerprint density at radius 2 is 1.96 bits per heavy atom. The fraction of sp³-hybridized carbons (Fsp3) is 0.100. The van der Waals surface area contributed by atoms with Crippen LogP contribution >= 0.6 is 0 Å². The normalized spacial score (nSPS) is 10.7. The first kappa shape index (κ1) is 16.3. The SMILES string of the molecule is Cc1oc(-n2cccc2)c(C#N)c1C(=O)OC/C=C/c1ccccc1. The molecule has 124 valence electrons.